The average Bonchev–Trinajstić information content (AvgIpc) is 2.92. The average molecular weight is 303 g/mol. The number of rotatable bonds is 5. The molecule has 0 saturated heterocycles. The molecule has 21 heavy (non-hydrogen) atoms. The van der Waals surface area contributed by atoms with Gasteiger partial charge in [-0.3, -0.25) is 4.98 Å². The Morgan fingerprint density at radius 2 is 2.05 bits per heavy atom. The smallest absolute Gasteiger partial charge is 0.242 e. The number of para-hydroxylation sites is 1. The Morgan fingerprint density at radius 1 is 1.19 bits per heavy atom. The van der Waals surface area contributed by atoms with Crippen LogP contribution in [-0.4, -0.2) is 33.0 Å². The Hall–Kier alpha value is -1.92. The second-order valence-electron chi connectivity index (χ2n) is 4.95. The molecule has 2 aromatic rings. The molecule has 0 saturated carbocycles. The van der Waals surface area contributed by atoms with Crippen molar-refractivity contribution in [3.05, 3.63) is 54.4 Å². The van der Waals surface area contributed by atoms with Crippen LogP contribution in [0, 0.1) is 0 Å². The molecule has 1 N–H and O–H groups in total. The maximum atomic E-state index is 12.1. The number of hydrogen-bond acceptors (Lipinski definition) is 4. The van der Waals surface area contributed by atoms with Gasteiger partial charge in [0, 0.05) is 37.7 Å². The third-order valence-electron chi connectivity index (χ3n) is 3.60. The molecule has 1 aromatic carbocycles. The second-order valence-corrected chi connectivity index (χ2v) is 6.72. The van der Waals surface area contributed by atoms with E-state index >= 15 is 0 Å². The van der Waals surface area contributed by atoms with Crippen LogP contribution in [-0.2, 0) is 16.4 Å². The van der Waals surface area contributed by atoms with Gasteiger partial charge in [-0.25, -0.2) is 13.1 Å². The number of sulfonamides is 1. The van der Waals surface area contributed by atoms with Gasteiger partial charge in [-0.05, 0) is 30.2 Å². The molecule has 0 unspecified atom stereocenters. The van der Waals surface area contributed by atoms with Gasteiger partial charge in [-0.15, -0.1) is 0 Å². The SMILES string of the molecule is O=S(=O)(NCCN1CCc2ccccc21)c1cccnc1. The number of nitrogens with one attached hydrogen (secondary N) is 1. The van der Waals surface area contributed by atoms with E-state index in [4.69, 9.17) is 0 Å². The van der Waals surface area contributed by atoms with Crippen LogP contribution in [0.15, 0.2) is 53.7 Å². The molecule has 1 aromatic heterocycles. The number of benzene rings is 1. The highest BCUT2D eigenvalue weighted by molar-refractivity contribution is 7.89. The number of fused-ring (bicyclic) bond motifs is 1. The van der Waals surface area contributed by atoms with Gasteiger partial charge >= 0.3 is 0 Å². The molecule has 0 spiro atoms. The first-order chi connectivity index (χ1) is 10.2. The first-order valence-corrected chi connectivity index (χ1v) is 8.38. The summed E-state index contributed by atoms with van der Waals surface area (Å²) >= 11 is 0. The van der Waals surface area contributed by atoms with Crippen molar-refractivity contribution in [3.8, 4) is 0 Å². The van der Waals surface area contributed by atoms with Gasteiger partial charge in [-0.1, -0.05) is 18.2 Å². The lowest BCUT2D eigenvalue weighted by Crippen LogP contribution is -2.34. The van der Waals surface area contributed by atoms with Gasteiger partial charge in [0.2, 0.25) is 10.0 Å². The summed E-state index contributed by atoms with van der Waals surface area (Å²) in [6.07, 6.45) is 3.93. The van der Waals surface area contributed by atoms with Gasteiger partial charge in [0.05, 0.1) is 0 Å². The standard InChI is InChI=1S/C15H17N3O2S/c19-21(20,14-5-3-8-16-12-14)17-9-11-18-10-7-13-4-1-2-6-15(13)18/h1-6,8,12,17H,7,9-11H2. The van der Waals surface area contributed by atoms with Crippen LogP contribution in [0.1, 0.15) is 5.56 Å². The van der Waals surface area contributed by atoms with Crippen LogP contribution >= 0.6 is 0 Å². The van der Waals surface area contributed by atoms with Gasteiger partial charge in [0.1, 0.15) is 4.90 Å². The van der Waals surface area contributed by atoms with E-state index in [1.807, 2.05) is 12.1 Å². The second kappa shape index (κ2) is 5.83. The molecule has 1 aliphatic heterocycles. The van der Waals surface area contributed by atoms with Crippen LogP contribution in [0.4, 0.5) is 5.69 Å². The fourth-order valence-electron chi connectivity index (χ4n) is 2.54. The highest BCUT2D eigenvalue weighted by atomic mass is 32.2. The van der Waals surface area contributed by atoms with E-state index < -0.39 is 10.0 Å². The van der Waals surface area contributed by atoms with Gasteiger partial charge in [0.25, 0.3) is 0 Å². The van der Waals surface area contributed by atoms with Crippen molar-refractivity contribution < 1.29 is 8.42 Å². The summed E-state index contributed by atoms with van der Waals surface area (Å²) in [6, 6.07) is 11.4. The third-order valence-corrected chi connectivity index (χ3v) is 5.05. The molecular formula is C15H17N3O2S. The molecule has 6 heteroatoms. The lowest BCUT2D eigenvalue weighted by Gasteiger charge is -2.19. The number of nitrogens with zero attached hydrogens (tertiary/aromatic N) is 2. The van der Waals surface area contributed by atoms with E-state index in [1.54, 1.807) is 18.3 Å². The van der Waals surface area contributed by atoms with E-state index in [0.29, 0.717) is 13.1 Å². The minimum Gasteiger partial charge on any atom is -0.370 e. The van der Waals surface area contributed by atoms with E-state index in [2.05, 4.69) is 26.7 Å². The molecule has 0 aliphatic carbocycles. The van der Waals surface area contributed by atoms with E-state index in [0.717, 1.165) is 13.0 Å². The number of aromatic nitrogens is 1. The maximum absolute atomic E-state index is 12.1. The molecule has 1 aliphatic rings. The van der Waals surface area contributed by atoms with Crippen molar-refractivity contribution in [2.45, 2.75) is 11.3 Å². The van der Waals surface area contributed by atoms with Gasteiger partial charge in [0.15, 0.2) is 0 Å². The topological polar surface area (TPSA) is 62.3 Å². The van der Waals surface area contributed by atoms with Crippen molar-refractivity contribution in [2.24, 2.45) is 0 Å². The van der Waals surface area contributed by atoms with E-state index in [-0.39, 0.29) is 4.90 Å². The minimum atomic E-state index is -3.47. The van der Waals surface area contributed by atoms with Crippen molar-refractivity contribution >= 4 is 15.7 Å². The normalized spacial score (nSPS) is 14.2. The molecule has 0 radical (unpaired) electrons. The quantitative estimate of drug-likeness (QED) is 0.907. The molecule has 0 bridgehead atoms. The zero-order chi connectivity index (χ0) is 14.7. The van der Waals surface area contributed by atoms with Crippen molar-refractivity contribution in [2.75, 3.05) is 24.5 Å². The molecule has 0 atom stereocenters. The number of hydrogen-bond donors (Lipinski definition) is 1. The van der Waals surface area contributed by atoms with Crippen LogP contribution in [0.2, 0.25) is 0 Å². The summed E-state index contributed by atoms with van der Waals surface area (Å²) in [6.45, 7) is 1.98. The summed E-state index contributed by atoms with van der Waals surface area (Å²) in [5.74, 6) is 0. The van der Waals surface area contributed by atoms with Crippen molar-refractivity contribution in [1.82, 2.24) is 9.71 Å². The summed E-state index contributed by atoms with van der Waals surface area (Å²) < 4.78 is 26.8. The first-order valence-electron chi connectivity index (χ1n) is 6.89. The summed E-state index contributed by atoms with van der Waals surface area (Å²) in [5, 5.41) is 0. The first kappa shape index (κ1) is 14.0. The molecule has 3 rings (SSSR count). The molecule has 0 fully saturated rings. The highest BCUT2D eigenvalue weighted by Gasteiger charge is 2.19. The highest BCUT2D eigenvalue weighted by Crippen LogP contribution is 2.26. The Kier molecular flexibility index (Phi) is 3.90. The predicted molar refractivity (Wildman–Crippen MR) is 81.8 cm³/mol. The zero-order valence-electron chi connectivity index (χ0n) is 11.6. The molecular weight excluding hydrogens is 286 g/mol. The van der Waals surface area contributed by atoms with Crippen molar-refractivity contribution in [3.63, 3.8) is 0 Å². The van der Waals surface area contributed by atoms with E-state index in [9.17, 15) is 8.42 Å². The van der Waals surface area contributed by atoms with Crippen LogP contribution in [0.25, 0.3) is 0 Å². The van der Waals surface area contributed by atoms with Crippen LogP contribution in [0.5, 0.6) is 0 Å². The largest absolute Gasteiger partial charge is 0.370 e. The maximum Gasteiger partial charge on any atom is 0.242 e. The Balaban J connectivity index is 1.60. The molecule has 2 heterocycles. The summed E-state index contributed by atoms with van der Waals surface area (Å²) in [4.78, 5) is 6.25. The van der Waals surface area contributed by atoms with Gasteiger partial charge < -0.3 is 4.90 Å². The van der Waals surface area contributed by atoms with Crippen molar-refractivity contribution in [1.29, 1.82) is 0 Å². The number of pyridine rings is 1. The van der Waals surface area contributed by atoms with E-state index in [1.165, 1.54) is 17.4 Å². The van der Waals surface area contributed by atoms with Crippen LogP contribution < -0.4 is 9.62 Å². The zero-order valence-corrected chi connectivity index (χ0v) is 12.4. The predicted octanol–water partition coefficient (Wildman–Crippen LogP) is 1.42. The lowest BCUT2D eigenvalue weighted by molar-refractivity contribution is 0.580. The minimum absolute atomic E-state index is 0.201. The summed E-state index contributed by atoms with van der Waals surface area (Å²) in [7, 11) is -3.47. The molecule has 0 amide bonds. The Labute approximate surface area is 124 Å². The van der Waals surface area contributed by atoms with Gasteiger partial charge in [-0.2, -0.15) is 0 Å². The lowest BCUT2D eigenvalue weighted by atomic mass is 10.2. The summed E-state index contributed by atoms with van der Waals surface area (Å²) in [5.41, 5.74) is 2.53. The fourth-order valence-corrected chi connectivity index (χ4v) is 3.53. The fraction of sp³-hybridized carbons (Fsp3) is 0.267. The Morgan fingerprint density at radius 3 is 2.86 bits per heavy atom. The monoisotopic (exact) mass is 303 g/mol. The van der Waals surface area contributed by atoms with Crippen LogP contribution in [0.3, 0.4) is 0 Å². The Bertz CT molecular complexity index is 717. The molecule has 110 valence electrons. The number of anilines is 1. The third kappa shape index (κ3) is 3.06. The molecule has 5 nitrogen and oxygen atoms in total.